The van der Waals surface area contributed by atoms with Crippen molar-refractivity contribution >= 4 is 11.6 Å². The Labute approximate surface area is 132 Å². The molecule has 6 nitrogen and oxygen atoms in total. The molecule has 0 amide bonds. The molecule has 1 N–H and O–H groups in total. The minimum absolute atomic E-state index is 0.0617. The Morgan fingerprint density at radius 3 is 2.95 bits per heavy atom. The van der Waals surface area contributed by atoms with Crippen LogP contribution >= 0.6 is 0 Å². The highest BCUT2D eigenvalue weighted by atomic mass is 16.5. The summed E-state index contributed by atoms with van der Waals surface area (Å²) in [7, 11) is 1.71. The average Bonchev–Trinajstić information content (AvgIpc) is 3.28. The molecule has 0 spiro atoms. The first kappa shape index (κ1) is 15.5. The first-order valence-corrected chi connectivity index (χ1v) is 8.03. The standard InChI is InChI=1S/C16H26N4O2/c1-16(2)10-20(8-13(22-16)9-21-3)15-6-14(18-11-19-15)17-7-12-4-5-12/h6,11-13H,4-5,7-10H2,1-3H3,(H,17,18,19). The lowest BCUT2D eigenvalue weighted by Gasteiger charge is -2.43. The fourth-order valence-electron chi connectivity index (χ4n) is 2.93. The van der Waals surface area contributed by atoms with Crippen LogP contribution in [-0.4, -0.2) is 55.0 Å². The molecule has 2 fully saturated rings. The van der Waals surface area contributed by atoms with Gasteiger partial charge in [-0.15, -0.1) is 0 Å². The first-order chi connectivity index (χ1) is 10.6. The Morgan fingerprint density at radius 2 is 2.23 bits per heavy atom. The number of aromatic nitrogens is 2. The van der Waals surface area contributed by atoms with Crippen LogP contribution < -0.4 is 10.2 Å². The van der Waals surface area contributed by atoms with Gasteiger partial charge in [0, 0.05) is 32.8 Å². The molecule has 1 aromatic heterocycles. The van der Waals surface area contributed by atoms with Gasteiger partial charge in [-0.25, -0.2) is 9.97 Å². The van der Waals surface area contributed by atoms with Crippen molar-refractivity contribution in [3.63, 3.8) is 0 Å². The lowest BCUT2D eigenvalue weighted by Crippen LogP contribution is -2.54. The second kappa shape index (κ2) is 6.38. The van der Waals surface area contributed by atoms with E-state index in [1.54, 1.807) is 13.4 Å². The van der Waals surface area contributed by atoms with Crippen LogP contribution in [0.15, 0.2) is 12.4 Å². The van der Waals surface area contributed by atoms with Gasteiger partial charge >= 0.3 is 0 Å². The van der Waals surface area contributed by atoms with E-state index < -0.39 is 0 Å². The van der Waals surface area contributed by atoms with Crippen LogP contribution in [0.3, 0.4) is 0 Å². The van der Waals surface area contributed by atoms with E-state index in [1.807, 2.05) is 6.07 Å². The Kier molecular flexibility index (Phi) is 4.49. The molecule has 2 aliphatic rings. The zero-order chi connectivity index (χ0) is 15.6. The highest BCUT2D eigenvalue weighted by Crippen LogP contribution is 2.29. The van der Waals surface area contributed by atoms with Gasteiger partial charge in [0.05, 0.1) is 18.3 Å². The van der Waals surface area contributed by atoms with E-state index in [9.17, 15) is 0 Å². The molecule has 1 aliphatic heterocycles. The van der Waals surface area contributed by atoms with Crippen molar-refractivity contribution in [3.05, 3.63) is 12.4 Å². The number of morpholine rings is 1. The normalized spacial score (nSPS) is 24.3. The topological polar surface area (TPSA) is 59.5 Å². The number of hydrogen-bond donors (Lipinski definition) is 1. The van der Waals surface area contributed by atoms with Gasteiger partial charge in [0.1, 0.15) is 18.0 Å². The fourth-order valence-corrected chi connectivity index (χ4v) is 2.93. The maximum atomic E-state index is 6.06. The molecule has 122 valence electrons. The van der Waals surface area contributed by atoms with Gasteiger partial charge in [0.25, 0.3) is 0 Å². The molecule has 1 unspecified atom stereocenters. The summed E-state index contributed by atoms with van der Waals surface area (Å²) in [6.07, 6.45) is 4.37. The summed E-state index contributed by atoms with van der Waals surface area (Å²) >= 11 is 0. The average molecular weight is 306 g/mol. The Balaban J connectivity index is 1.69. The number of anilines is 2. The molecule has 1 atom stereocenters. The Bertz CT molecular complexity index is 505. The predicted octanol–water partition coefficient (Wildman–Crippen LogP) is 1.93. The molecule has 6 heteroatoms. The van der Waals surface area contributed by atoms with Gasteiger partial charge in [-0.05, 0) is 32.6 Å². The van der Waals surface area contributed by atoms with Crippen LogP contribution in [0.1, 0.15) is 26.7 Å². The summed E-state index contributed by atoms with van der Waals surface area (Å²) in [5.74, 6) is 2.68. The molecule has 2 heterocycles. The smallest absolute Gasteiger partial charge is 0.134 e. The Hall–Kier alpha value is -1.40. The first-order valence-electron chi connectivity index (χ1n) is 8.03. The maximum absolute atomic E-state index is 6.06. The molecule has 3 rings (SSSR count). The van der Waals surface area contributed by atoms with Crippen molar-refractivity contribution in [1.29, 1.82) is 0 Å². The lowest BCUT2D eigenvalue weighted by atomic mass is 10.1. The van der Waals surface area contributed by atoms with E-state index in [4.69, 9.17) is 9.47 Å². The maximum Gasteiger partial charge on any atom is 0.134 e. The van der Waals surface area contributed by atoms with Crippen molar-refractivity contribution in [2.75, 3.05) is 43.6 Å². The summed E-state index contributed by atoms with van der Waals surface area (Å²) < 4.78 is 11.3. The third kappa shape index (κ3) is 4.08. The largest absolute Gasteiger partial charge is 0.382 e. The summed E-state index contributed by atoms with van der Waals surface area (Å²) in [6, 6.07) is 2.04. The molecular weight excluding hydrogens is 280 g/mol. The second-order valence-electron chi connectivity index (χ2n) is 6.92. The molecule has 1 aromatic rings. The molecule has 0 radical (unpaired) electrons. The molecule has 1 saturated carbocycles. The predicted molar refractivity (Wildman–Crippen MR) is 86.3 cm³/mol. The number of nitrogens with zero attached hydrogens (tertiary/aromatic N) is 3. The van der Waals surface area contributed by atoms with Gasteiger partial charge in [-0.3, -0.25) is 0 Å². The van der Waals surface area contributed by atoms with E-state index in [1.165, 1.54) is 12.8 Å². The van der Waals surface area contributed by atoms with Crippen LogP contribution in [0.25, 0.3) is 0 Å². The van der Waals surface area contributed by atoms with E-state index in [0.717, 1.165) is 37.2 Å². The summed E-state index contributed by atoms with van der Waals surface area (Å²) in [6.45, 7) is 7.42. The van der Waals surface area contributed by atoms with Gasteiger partial charge in [-0.1, -0.05) is 0 Å². The van der Waals surface area contributed by atoms with Crippen LogP contribution in [0.5, 0.6) is 0 Å². The van der Waals surface area contributed by atoms with Crippen molar-refractivity contribution in [3.8, 4) is 0 Å². The number of ether oxygens (including phenoxy) is 2. The van der Waals surface area contributed by atoms with Crippen molar-refractivity contribution in [2.24, 2.45) is 5.92 Å². The highest BCUT2D eigenvalue weighted by Gasteiger charge is 2.34. The van der Waals surface area contributed by atoms with Crippen LogP contribution in [0.4, 0.5) is 11.6 Å². The summed E-state index contributed by atoms with van der Waals surface area (Å²) in [5.41, 5.74) is -0.214. The number of hydrogen-bond acceptors (Lipinski definition) is 6. The van der Waals surface area contributed by atoms with Crippen LogP contribution in [0.2, 0.25) is 0 Å². The van der Waals surface area contributed by atoms with E-state index in [2.05, 4.69) is 34.0 Å². The third-order valence-corrected chi connectivity index (χ3v) is 4.08. The molecule has 1 aliphatic carbocycles. The molecule has 0 aromatic carbocycles. The van der Waals surface area contributed by atoms with Crippen molar-refractivity contribution in [1.82, 2.24) is 9.97 Å². The van der Waals surface area contributed by atoms with E-state index in [-0.39, 0.29) is 11.7 Å². The van der Waals surface area contributed by atoms with Crippen LogP contribution in [0, 0.1) is 5.92 Å². The minimum atomic E-state index is -0.214. The van der Waals surface area contributed by atoms with E-state index >= 15 is 0 Å². The quantitative estimate of drug-likeness (QED) is 0.866. The number of methoxy groups -OCH3 is 1. The molecule has 1 saturated heterocycles. The number of rotatable bonds is 6. The van der Waals surface area contributed by atoms with Gasteiger partial charge in [0.2, 0.25) is 0 Å². The summed E-state index contributed by atoms with van der Waals surface area (Å²) in [4.78, 5) is 11.0. The zero-order valence-corrected chi connectivity index (χ0v) is 13.7. The Morgan fingerprint density at radius 1 is 1.41 bits per heavy atom. The van der Waals surface area contributed by atoms with Gasteiger partial charge in [-0.2, -0.15) is 0 Å². The lowest BCUT2D eigenvalue weighted by molar-refractivity contribution is -0.106. The van der Waals surface area contributed by atoms with Gasteiger partial charge in [0.15, 0.2) is 0 Å². The monoisotopic (exact) mass is 306 g/mol. The molecule has 22 heavy (non-hydrogen) atoms. The third-order valence-electron chi connectivity index (χ3n) is 4.08. The van der Waals surface area contributed by atoms with Gasteiger partial charge < -0.3 is 19.7 Å². The van der Waals surface area contributed by atoms with Crippen molar-refractivity contribution < 1.29 is 9.47 Å². The molecule has 0 bridgehead atoms. The zero-order valence-electron chi connectivity index (χ0n) is 13.7. The minimum Gasteiger partial charge on any atom is -0.382 e. The summed E-state index contributed by atoms with van der Waals surface area (Å²) in [5, 5.41) is 3.41. The SMILES string of the molecule is COCC1CN(c2cc(NCC3CC3)ncn2)CC(C)(C)O1. The number of nitrogens with one attached hydrogen (secondary N) is 1. The molecular formula is C16H26N4O2. The van der Waals surface area contributed by atoms with Crippen molar-refractivity contribution in [2.45, 2.75) is 38.4 Å². The van der Waals surface area contributed by atoms with Crippen LogP contribution in [-0.2, 0) is 9.47 Å². The highest BCUT2D eigenvalue weighted by molar-refractivity contribution is 5.49. The second-order valence-corrected chi connectivity index (χ2v) is 6.92. The fraction of sp³-hybridized carbons (Fsp3) is 0.750. The van der Waals surface area contributed by atoms with E-state index in [0.29, 0.717) is 6.61 Å².